The molecule has 0 fully saturated rings. The van der Waals surface area contributed by atoms with Crippen LogP contribution in [-0.2, 0) is 9.59 Å². The zero-order valence-corrected chi connectivity index (χ0v) is 10.7. The van der Waals surface area contributed by atoms with Crippen LogP contribution in [0.1, 0.15) is 23.3 Å². The van der Waals surface area contributed by atoms with Crippen molar-refractivity contribution in [2.24, 2.45) is 0 Å². The van der Waals surface area contributed by atoms with Crippen LogP contribution in [0.3, 0.4) is 0 Å². The summed E-state index contributed by atoms with van der Waals surface area (Å²) >= 11 is 0. The molecule has 0 aliphatic heterocycles. The Morgan fingerprint density at radius 1 is 1.42 bits per heavy atom. The van der Waals surface area contributed by atoms with Gasteiger partial charge in [-0.3, -0.25) is 14.9 Å². The summed E-state index contributed by atoms with van der Waals surface area (Å²) in [7, 11) is 0. The number of furan rings is 1. The van der Waals surface area contributed by atoms with Crippen LogP contribution in [-0.4, -0.2) is 30.1 Å². The summed E-state index contributed by atoms with van der Waals surface area (Å²) in [4.78, 5) is 21.8. The minimum absolute atomic E-state index is 0.0447. The maximum Gasteiger partial charge on any atom is 0.304 e. The smallest absolute Gasteiger partial charge is 0.304 e. The lowest BCUT2D eigenvalue weighted by molar-refractivity contribution is -0.137. The molecule has 1 aromatic rings. The lowest BCUT2D eigenvalue weighted by atomic mass is 10.2. The fourth-order valence-corrected chi connectivity index (χ4v) is 1.42. The quantitative estimate of drug-likeness (QED) is 0.654. The van der Waals surface area contributed by atoms with Gasteiger partial charge in [-0.25, -0.2) is 0 Å². The fraction of sp³-hybridized carbons (Fsp3) is 0.417. The second-order valence-electron chi connectivity index (χ2n) is 3.97. The van der Waals surface area contributed by atoms with Crippen LogP contribution in [0.5, 0.6) is 0 Å². The third kappa shape index (κ3) is 4.12. The molecule has 19 heavy (non-hydrogen) atoms. The molecule has 0 radical (unpaired) electrons. The van der Waals surface area contributed by atoms with E-state index in [1.54, 1.807) is 13.8 Å². The number of rotatable bonds is 6. The lowest BCUT2D eigenvalue weighted by Gasteiger charge is -2.03. The molecule has 0 unspecified atom stereocenters. The fourth-order valence-electron chi connectivity index (χ4n) is 1.42. The average molecular weight is 265 g/mol. The first-order valence-corrected chi connectivity index (χ1v) is 5.68. The summed E-state index contributed by atoms with van der Waals surface area (Å²) in [6.07, 6.45) is -0.0598. The Morgan fingerprint density at radius 2 is 2.11 bits per heavy atom. The van der Waals surface area contributed by atoms with Gasteiger partial charge in [0.05, 0.1) is 13.0 Å². The molecular formula is C12H15N3O4. The Hall–Kier alpha value is -2.33. The van der Waals surface area contributed by atoms with Gasteiger partial charge >= 0.3 is 5.97 Å². The van der Waals surface area contributed by atoms with E-state index >= 15 is 0 Å². The number of aryl methyl sites for hydroxylation is 1. The molecule has 0 spiro atoms. The van der Waals surface area contributed by atoms with Crippen LogP contribution in [0.15, 0.2) is 4.42 Å². The van der Waals surface area contributed by atoms with Gasteiger partial charge in [0.2, 0.25) is 11.8 Å². The van der Waals surface area contributed by atoms with E-state index in [4.69, 9.17) is 14.8 Å². The number of carboxylic acids is 1. The zero-order valence-electron chi connectivity index (χ0n) is 10.7. The Labute approximate surface area is 110 Å². The first-order valence-electron chi connectivity index (χ1n) is 5.68. The number of nitriles is 1. The van der Waals surface area contributed by atoms with Crippen LogP contribution >= 0.6 is 0 Å². The first-order chi connectivity index (χ1) is 8.95. The molecule has 3 N–H and O–H groups in total. The second kappa shape index (κ2) is 6.56. The van der Waals surface area contributed by atoms with E-state index in [0.29, 0.717) is 16.9 Å². The molecule has 1 heterocycles. The van der Waals surface area contributed by atoms with E-state index in [9.17, 15) is 9.59 Å². The van der Waals surface area contributed by atoms with Crippen molar-refractivity contribution in [3.8, 4) is 6.07 Å². The highest BCUT2D eigenvalue weighted by molar-refractivity contribution is 5.92. The van der Waals surface area contributed by atoms with Crippen LogP contribution in [0.4, 0.5) is 5.88 Å². The van der Waals surface area contributed by atoms with E-state index in [1.807, 2.05) is 6.07 Å². The predicted molar refractivity (Wildman–Crippen MR) is 66.6 cm³/mol. The molecule has 0 bridgehead atoms. The third-order valence-electron chi connectivity index (χ3n) is 2.55. The Balaban J connectivity index is 2.51. The summed E-state index contributed by atoms with van der Waals surface area (Å²) in [5.74, 6) is -0.624. The molecule has 0 aliphatic carbocycles. The van der Waals surface area contributed by atoms with Crippen molar-refractivity contribution >= 4 is 17.8 Å². The number of nitrogens with one attached hydrogen (secondary N) is 2. The van der Waals surface area contributed by atoms with Gasteiger partial charge in [-0.2, -0.15) is 5.26 Å². The van der Waals surface area contributed by atoms with Gasteiger partial charge < -0.3 is 14.8 Å². The normalized spacial score (nSPS) is 9.95. The van der Waals surface area contributed by atoms with Crippen LogP contribution < -0.4 is 10.6 Å². The van der Waals surface area contributed by atoms with Gasteiger partial charge in [0.1, 0.15) is 17.4 Å². The second-order valence-corrected chi connectivity index (χ2v) is 3.97. The third-order valence-corrected chi connectivity index (χ3v) is 2.55. The van der Waals surface area contributed by atoms with Crippen molar-refractivity contribution in [1.82, 2.24) is 5.32 Å². The van der Waals surface area contributed by atoms with Gasteiger partial charge in [0.15, 0.2) is 0 Å². The van der Waals surface area contributed by atoms with Crippen molar-refractivity contribution in [3.05, 3.63) is 16.9 Å². The van der Waals surface area contributed by atoms with E-state index in [-0.39, 0.29) is 25.4 Å². The lowest BCUT2D eigenvalue weighted by Crippen LogP contribution is -2.29. The van der Waals surface area contributed by atoms with Crippen molar-refractivity contribution in [2.45, 2.75) is 20.3 Å². The number of carboxylic acid groups (broad SMARTS) is 1. The van der Waals surface area contributed by atoms with E-state index in [1.165, 1.54) is 0 Å². The first kappa shape index (κ1) is 14.7. The van der Waals surface area contributed by atoms with Gasteiger partial charge in [0, 0.05) is 12.1 Å². The van der Waals surface area contributed by atoms with Gasteiger partial charge in [0.25, 0.3) is 0 Å². The van der Waals surface area contributed by atoms with Crippen LogP contribution in [0.25, 0.3) is 0 Å². The van der Waals surface area contributed by atoms with Crippen LogP contribution in [0.2, 0.25) is 0 Å². The van der Waals surface area contributed by atoms with E-state index < -0.39 is 11.9 Å². The number of anilines is 1. The number of hydrogen-bond donors (Lipinski definition) is 3. The van der Waals surface area contributed by atoms with Crippen molar-refractivity contribution in [1.29, 1.82) is 5.26 Å². The van der Waals surface area contributed by atoms with Gasteiger partial charge in [-0.05, 0) is 13.8 Å². The highest BCUT2D eigenvalue weighted by Gasteiger charge is 2.16. The standard InChI is InChI=1S/C12H15N3O4/c1-7-8(2)19-12(9(7)5-13)15-10(16)6-14-4-3-11(17)18/h14H,3-4,6H2,1-2H3,(H,15,16)(H,17,18). The van der Waals surface area contributed by atoms with Crippen molar-refractivity contribution in [3.63, 3.8) is 0 Å². The number of aliphatic carboxylic acids is 1. The Kier molecular flexibility index (Phi) is 5.09. The highest BCUT2D eigenvalue weighted by Crippen LogP contribution is 2.24. The minimum atomic E-state index is -0.933. The number of nitrogens with zero attached hydrogens (tertiary/aromatic N) is 1. The Morgan fingerprint density at radius 3 is 2.68 bits per heavy atom. The van der Waals surface area contributed by atoms with E-state index in [2.05, 4.69) is 10.6 Å². The number of carbonyl (C=O) groups is 2. The number of amides is 1. The predicted octanol–water partition coefficient (Wildman–Crippen LogP) is 0.771. The summed E-state index contributed by atoms with van der Waals surface area (Å²) in [5.41, 5.74) is 0.994. The molecule has 0 atom stereocenters. The molecule has 102 valence electrons. The zero-order chi connectivity index (χ0) is 14.4. The monoisotopic (exact) mass is 265 g/mol. The van der Waals surface area contributed by atoms with Crippen LogP contribution in [0, 0.1) is 25.2 Å². The summed E-state index contributed by atoms with van der Waals surface area (Å²) in [6.45, 7) is 3.59. The summed E-state index contributed by atoms with van der Waals surface area (Å²) < 4.78 is 5.28. The maximum atomic E-state index is 11.6. The number of carbonyl (C=O) groups excluding carboxylic acids is 1. The average Bonchev–Trinajstić information content (AvgIpc) is 2.60. The molecule has 0 aliphatic rings. The molecule has 0 aromatic carbocycles. The largest absolute Gasteiger partial charge is 0.481 e. The van der Waals surface area contributed by atoms with E-state index in [0.717, 1.165) is 0 Å². The molecular weight excluding hydrogens is 250 g/mol. The maximum absolute atomic E-state index is 11.6. The van der Waals surface area contributed by atoms with Gasteiger partial charge in [-0.1, -0.05) is 0 Å². The minimum Gasteiger partial charge on any atom is -0.481 e. The summed E-state index contributed by atoms with van der Waals surface area (Å²) in [5, 5.41) is 22.5. The highest BCUT2D eigenvalue weighted by atomic mass is 16.4. The molecule has 0 saturated heterocycles. The van der Waals surface area contributed by atoms with Crippen molar-refractivity contribution in [2.75, 3.05) is 18.4 Å². The molecule has 1 aromatic heterocycles. The van der Waals surface area contributed by atoms with Gasteiger partial charge in [-0.15, -0.1) is 0 Å². The summed E-state index contributed by atoms with van der Waals surface area (Å²) in [6, 6.07) is 1.97. The number of hydrogen-bond acceptors (Lipinski definition) is 5. The molecule has 7 nitrogen and oxygen atoms in total. The topological polar surface area (TPSA) is 115 Å². The Bertz CT molecular complexity index is 528. The molecule has 0 saturated carbocycles. The van der Waals surface area contributed by atoms with Crippen molar-refractivity contribution < 1.29 is 19.1 Å². The molecule has 1 amide bonds. The molecule has 1 rings (SSSR count). The molecule has 7 heteroatoms. The SMILES string of the molecule is Cc1oc(NC(=O)CNCCC(=O)O)c(C#N)c1C.